The minimum absolute atomic E-state index is 0. The first-order valence-electron chi connectivity index (χ1n) is 9.36. The number of nitrogens with one attached hydrogen (secondary N) is 3. The number of hydrogen-bond acceptors (Lipinski definition) is 5. The van der Waals surface area contributed by atoms with E-state index in [0.717, 1.165) is 63.2 Å². The maximum Gasteiger partial charge on any atom is 0.261 e. The molecule has 27 heavy (non-hydrogen) atoms. The lowest BCUT2D eigenvalue weighted by Crippen LogP contribution is -2.44. The number of rotatable bonds is 9. The van der Waals surface area contributed by atoms with Gasteiger partial charge in [0.15, 0.2) is 5.96 Å². The van der Waals surface area contributed by atoms with Crippen LogP contribution in [0.15, 0.2) is 22.5 Å². The van der Waals surface area contributed by atoms with Crippen molar-refractivity contribution in [1.29, 1.82) is 0 Å². The SMILES string of the molecule is CCNC(=NCC(C)N1CCOCC1)NCCCNC(=O)c1cccs1.I. The molecule has 9 heteroatoms. The molecule has 1 atom stereocenters. The summed E-state index contributed by atoms with van der Waals surface area (Å²) in [5.41, 5.74) is 0. The van der Waals surface area contributed by atoms with E-state index in [2.05, 4.69) is 39.7 Å². The van der Waals surface area contributed by atoms with E-state index in [-0.39, 0.29) is 29.9 Å². The third-order valence-corrected chi connectivity index (χ3v) is 5.07. The molecule has 2 heterocycles. The lowest BCUT2D eigenvalue weighted by molar-refractivity contribution is 0.0220. The van der Waals surface area contributed by atoms with Crippen LogP contribution in [0.3, 0.4) is 0 Å². The molecule has 1 aliphatic rings. The molecular weight excluding hydrogens is 477 g/mol. The van der Waals surface area contributed by atoms with Crippen LogP contribution in [-0.2, 0) is 4.74 Å². The van der Waals surface area contributed by atoms with Crippen molar-refractivity contribution in [2.45, 2.75) is 26.3 Å². The number of thiophene rings is 1. The number of morpholine rings is 1. The highest BCUT2D eigenvalue weighted by Crippen LogP contribution is 2.07. The van der Waals surface area contributed by atoms with Crippen LogP contribution in [0.2, 0.25) is 0 Å². The van der Waals surface area contributed by atoms with Gasteiger partial charge in [0, 0.05) is 38.8 Å². The summed E-state index contributed by atoms with van der Waals surface area (Å²) in [5.74, 6) is 0.831. The van der Waals surface area contributed by atoms with E-state index in [1.807, 2.05) is 17.5 Å². The molecular formula is C18H32IN5O2S. The van der Waals surface area contributed by atoms with E-state index in [4.69, 9.17) is 4.74 Å². The molecule has 7 nitrogen and oxygen atoms in total. The summed E-state index contributed by atoms with van der Waals surface area (Å²) in [6, 6.07) is 4.13. The Morgan fingerprint density at radius 2 is 2.04 bits per heavy atom. The second-order valence-electron chi connectivity index (χ2n) is 6.23. The van der Waals surface area contributed by atoms with Gasteiger partial charge in [-0.05, 0) is 31.7 Å². The van der Waals surface area contributed by atoms with Crippen LogP contribution in [0.1, 0.15) is 29.9 Å². The highest BCUT2D eigenvalue weighted by molar-refractivity contribution is 14.0. The first-order valence-corrected chi connectivity index (χ1v) is 10.2. The zero-order valence-corrected chi connectivity index (χ0v) is 19.3. The third-order valence-electron chi connectivity index (χ3n) is 4.20. The van der Waals surface area contributed by atoms with Crippen LogP contribution in [-0.4, -0.2) is 75.3 Å². The summed E-state index contributed by atoms with van der Waals surface area (Å²) in [6.07, 6.45) is 0.848. The fourth-order valence-electron chi connectivity index (χ4n) is 2.69. The molecule has 0 radical (unpaired) electrons. The second-order valence-corrected chi connectivity index (χ2v) is 7.18. The van der Waals surface area contributed by atoms with E-state index in [0.29, 0.717) is 12.6 Å². The summed E-state index contributed by atoms with van der Waals surface area (Å²) in [4.78, 5) is 19.7. The third kappa shape index (κ3) is 9.22. The van der Waals surface area contributed by atoms with Crippen LogP contribution >= 0.6 is 35.3 Å². The molecule has 1 aliphatic heterocycles. The molecule has 0 saturated carbocycles. The molecule has 0 aliphatic carbocycles. The highest BCUT2D eigenvalue weighted by Gasteiger charge is 2.16. The van der Waals surface area contributed by atoms with Gasteiger partial charge in [-0.3, -0.25) is 14.7 Å². The predicted octanol–water partition coefficient (Wildman–Crippen LogP) is 1.76. The highest BCUT2D eigenvalue weighted by atomic mass is 127. The van der Waals surface area contributed by atoms with Crippen molar-refractivity contribution in [3.63, 3.8) is 0 Å². The number of hydrogen-bond donors (Lipinski definition) is 3. The van der Waals surface area contributed by atoms with Gasteiger partial charge in [0.05, 0.1) is 24.6 Å². The Morgan fingerprint density at radius 1 is 1.30 bits per heavy atom. The predicted molar refractivity (Wildman–Crippen MR) is 123 cm³/mol. The standard InChI is InChI=1S/C18H31N5O2S.HI/c1-3-19-18(22-14-15(2)23-9-11-25-12-10-23)21-8-5-7-20-17(24)16-6-4-13-26-16;/h4,6,13,15H,3,5,7-12,14H2,1-2H3,(H,20,24)(H2,19,21,22);1H. The normalized spacial score (nSPS) is 16.3. The van der Waals surface area contributed by atoms with Crippen molar-refractivity contribution in [2.75, 3.05) is 52.5 Å². The summed E-state index contributed by atoms with van der Waals surface area (Å²) < 4.78 is 5.40. The Labute approximate surface area is 183 Å². The smallest absolute Gasteiger partial charge is 0.261 e. The van der Waals surface area contributed by atoms with Crippen LogP contribution < -0.4 is 16.0 Å². The van der Waals surface area contributed by atoms with Crippen molar-refractivity contribution in [1.82, 2.24) is 20.9 Å². The van der Waals surface area contributed by atoms with Gasteiger partial charge >= 0.3 is 0 Å². The molecule has 1 saturated heterocycles. The Kier molecular flexibility index (Phi) is 12.6. The van der Waals surface area contributed by atoms with Crippen molar-refractivity contribution < 1.29 is 9.53 Å². The summed E-state index contributed by atoms with van der Waals surface area (Å²) in [5, 5.41) is 11.5. The zero-order valence-electron chi connectivity index (χ0n) is 16.2. The van der Waals surface area contributed by atoms with Gasteiger partial charge in [-0.1, -0.05) is 6.07 Å². The van der Waals surface area contributed by atoms with Crippen LogP contribution in [0.4, 0.5) is 0 Å². The number of aliphatic imine (C=N–C) groups is 1. The summed E-state index contributed by atoms with van der Waals surface area (Å²) >= 11 is 1.46. The fourth-order valence-corrected chi connectivity index (χ4v) is 3.33. The number of amides is 1. The molecule has 154 valence electrons. The van der Waals surface area contributed by atoms with E-state index in [1.54, 1.807) is 0 Å². The number of halogens is 1. The Hall–Kier alpha value is -0.910. The molecule has 1 amide bonds. The number of guanidine groups is 1. The van der Waals surface area contributed by atoms with Crippen molar-refractivity contribution >= 4 is 47.2 Å². The van der Waals surface area contributed by atoms with Gasteiger partial charge in [-0.25, -0.2) is 0 Å². The average Bonchev–Trinajstić information content (AvgIpc) is 3.21. The minimum Gasteiger partial charge on any atom is -0.379 e. The van der Waals surface area contributed by atoms with E-state index in [9.17, 15) is 4.79 Å². The van der Waals surface area contributed by atoms with E-state index >= 15 is 0 Å². The molecule has 3 N–H and O–H groups in total. The first kappa shape index (κ1) is 24.1. The van der Waals surface area contributed by atoms with Crippen molar-refractivity contribution in [2.24, 2.45) is 4.99 Å². The van der Waals surface area contributed by atoms with Crippen molar-refractivity contribution in [3.05, 3.63) is 22.4 Å². The number of carbonyl (C=O) groups is 1. The Bertz CT molecular complexity index is 550. The van der Waals surface area contributed by atoms with Gasteiger partial charge in [-0.2, -0.15) is 0 Å². The van der Waals surface area contributed by atoms with Gasteiger partial charge in [0.25, 0.3) is 5.91 Å². The second kappa shape index (κ2) is 14.1. The molecule has 0 spiro atoms. The lowest BCUT2D eigenvalue weighted by atomic mass is 10.2. The van der Waals surface area contributed by atoms with Gasteiger partial charge in [0.1, 0.15) is 0 Å². The Morgan fingerprint density at radius 3 is 2.70 bits per heavy atom. The topological polar surface area (TPSA) is 78.0 Å². The number of ether oxygens (including phenoxy) is 1. The van der Waals surface area contributed by atoms with E-state index in [1.165, 1.54) is 11.3 Å². The number of carbonyl (C=O) groups excluding carboxylic acids is 1. The fraction of sp³-hybridized carbons (Fsp3) is 0.667. The molecule has 1 aromatic heterocycles. The molecule has 0 bridgehead atoms. The van der Waals surface area contributed by atoms with Gasteiger partial charge in [-0.15, -0.1) is 35.3 Å². The van der Waals surface area contributed by atoms with Gasteiger partial charge in [0.2, 0.25) is 0 Å². The minimum atomic E-state index is -0.0000836. The molecule has 0 aromatic carbocycles. The zero-order chi connectivity index (χ0) is 18.6. The first-order chi connectivity index (χ1) is 12.7. The number of nitrogens with zero attached hydrogens (tertiary/aromatic N) is 2. The monoisotopic (exact) mass is 509 g/mol. The van der Waals surface area contributed by atoms with Crippen LogP contribution in [0.5, 0.6) is 0 Å². The quantitative estimate of drug-likeness (QED) is 0.205. The van der Waals surface area contributed by atoms with Crippen LogP contribution in [0.25, 0.3) is 0 Å². The largest absolute Gasteiger partial charge is 0.379 e. The molecule has 2 rings (SSSR count). The van der Waals surface area contributed by atoms with Crippen molar-refractivity contribution in [3.8, 4) is 0 Å². The Balaban J connectivity index is 0.00000364. The maximum absolute atomic E-state index is 11.9. The van der Waals surface area contributed by atoms with Gasteiger partial charge < -0.3 is 20.7 Å². The molecule has 1 unspecified atom stereocenters. The lowest BCUT2D eigenvalue weighted by Gasteiger charge is -2.31. The maximum atomic E-state index is 11.9. The summed E-state index contributed by atoms with van der Waals surface area (Å²) in [7, 11) is 0. The summed E-state index contributed by atoms with van der Waals surface area (Å²) in [6.45, 7) is 10.8. The molecule has 1 fully saturated rings. The molecule has 1 aromatic rings. The average molecular weight is 509 g/mol. The van der Waals surface area contributed by atoms with E-state index < -0.39 is 0 Å². The van der Waals surface area contributed by atoms with Crippen LogP contribution in [0, 0.1) is 0 Å².